The summed E-state index contributed by atoms with van der Waals surface area (Å²) in [6.45, 7) is 5.30. The first kappa shape index (κ1) is 10.9. The van der Waals surface area contributed by atoms with Gasteiger partial charge in [-0.3, -0.25) is 4.79 Å². The van der Waals surface area contributed by atoms with Crippen LogP contribution >= 0.6 is 11.8 Å². The van der Waals surface area contributed by atoms with Crippen LogP contribution in [0.25, 0.3) is 0 Å². The molecule has 0 aliphatic rings. The van der Waals surface area contributed by atoms with Crippen LogP contribution in [0.2, 0.25) is 0 Å². The van der Waals surface area contributed by atoms with Crippen LogP contribution in [0, 0.1) is 0 Å². The number of carbonyl (C=O) groups excluding carboxylic acids is 1. The maximum Gasteiger partial charge on any atom is 0.219 e. The van der Waals surface area contributed by atoms with Gasteiger partial charge in [0.2, 0.25) is 5.12 Å². The second-order valence-corrected chi connectivity index (χ2v) is 3.89. The molecule has 0 atom stereocenters. The average molecular weight is 208 g/mol. The standard InChI is InChI=1S/C11H12O2S/c1-8(2)11(12)14-10-6-4-9(13-3)5-7-10/h4-7H,1H2,2-3H3. The number of rotatable bonds is 3. The summed E-state index contributed by atoms with van der Waals surface area (Å²) in [5, 5.41) is -0.00448. The summed E-state index contributed by atoms with van der Waals surface area (Å²) in [5.41, 5.74) is 0.561. The Kier molecular flexibility index (Phi) is 3.77. The van der Waals surface area contributed by atoms with E-state index in [-0.39, 0.29) is 5.12 Å². The molecule has 1 aromatic carbocycles. The molecule has 74 valence electrons. The van der Waals surface area contributed by atoms with Crippen LogP contribution in [0.15, 0.2) is 41.3 Å². The molecule has 0 aromatic heterocycles. The van der Waals surface area contributed by atoms with Gasteiger partial charge in [0, 0.05) is 4.90 Å². The Hall–Kier alpha value is -1.22. The minimum Gasteiger partial charge on any atom is -0.497 e. The number of hydrogen-bond donors (Lipinski definition) is 0. The molecule has 0 aliphatic carbocycles. The molecule has 0 amide bonds. The number of methoxy groups -OCH3 is 1. The number of carbonyl (C=O) groups is 1. The normalized spacial score (nSPS) is 9.57. The molecular formula is C11H12O2S. The SMILES string of the molecule is C=C(C)C(=O)Sc1ccc(OC)cc1. The van der Waals surface area contributed by atoms with E-state index in [1.54, 1.807) is 14.0 Å². The second-order valence-electron chi connectivity index (χ2n) is 2.85. The van der Waals surface area contributed by atoms with Gasteiger partial charge in [0.05, 0.1) is 7.11 Å². The summed E-state index contributed by atoms with van der Waals surface area (Å²) in [4.78, 5) is 12.2. The first-order valence-corrected chi connectivity index (χ1v) is 4.97. The first-order valence-electron chi connectivity index (χ1n) is 4.15. The van der Waals surface area contributed by atoms with Crippen LogP contribution in [0.4, 0.5) is 0 Å². The van der Waals surface area contributed by atoms with E-state index in [1.807, 2.05) is 24.3 Å². The number of hydrogen-bond acceptors (Lipinski definition) is 3. The highest BCUT2D eigenvalue weighted by molar-refractivity contribution is 8.14. The molecule has 0 bridgehead atoms. The van der Waals surface area contributed by atoms with Crippen LogP contribution in [0.5, 0.6) is 5.75 Å². The van der Waals surface area contributed by atoms with Gasteiger partial charge in [-0.1, -0.05) is 6.58 Å². The third-order valence-electron chi connectivity index (χ3n) is 1.62. The molecule has 0 N–H and O–H groups in total. The van der Waals surface area contributed by atoms with Crippen molar-refractivity contribution in [1.29, 1.82) is 0 Å². The number of benzene rings is 1. The van der Waals surface area contributed by atoms with Crippen LogP contribution in [-0.2, 0) is 4.79 Å². The van der Waals surface area contributed by atoms with E-state index in [2.05, 4.69) is 6.58 Å². The lowest BCUT2D eigenvalue weighted by atomic mass is 10.3. The number of ether oxygens (including phenoxy) is 1. The van der Waals surface area contributed by atoms with Gasteiger partial charge in [-0.05, 0) is 48.5 Å². The highest BCUT2D eigenvalue weighted by atomic mass is 32.2. The summed E-state index contributed by atoms with van der Waals surface area (Å²) in [6.07, 6.45) is 0. The van der Waals surface area contributed by atoms with Crippen LogP contribution in [-0.4, -0.2) is 12.2 Å². The quantitative estimate of drug-likeness (QED) is 0.564. The molecule has 0 saturated heterocycles. The van der Waals surface area contributed by atoms with Gasteiger partial charge in [0.25, 0.3) is 0 Å². The zero-order valence-electron chi connectivity index (χ0n) is 8.24. The molecular weight excluding hydrogens is 196 g/mol. The van der Waals surface area contributed by atoms with Crippen molar-refractivity contribution in [2.75, 3.05) is 7.11 Å². The Morgan fingerprint density at radius 1 is 1.36 bits per heavy atom. The minimum absolute atomic E-state index is 0.00448. The van der Waals surface area contributed by atoms with Gasteiger partial charge in [-0.25, -0.2) is 0 Å². The van der Waals surface area contributed by atoms with E-state index in [0.29, 0.717) is 5.57 Å². The predicted octanol–water partition coefficient (Wildman–Crippen LogP) is 2.89. The highest BCUT2D eigenvalue weighted by Crippen LogP contribution is 2.23. The van der Waals surface area contributed by atoms with Gasteiger partial charge in [0.1, 0.15) is 5.75 Å². The molecule has 1 rings (SSSR count). The first-order chi connectivity index (χ1) is 6.63. The Morgan fingerprint density at radius 3 is 2.36 bits per heavy atom. The van der Waals surface area contributed by atoms with Gasteiger partial charge in [0.15, 0.2) is 0 Å². The molecule has 0 spiro atoms. The average Bonchev–Trinajstić information content (AvgIpc) is 2.19. The predicted molar refractivity (Wildman–Crippen MR) is 58.7 cm³/mol. The third kappa shape index (κ3) is 2.92. The van der Waals surface area contributed by atoms with Gasteiger partial charge >= 0.3 is 0 Å². The Balaban J connectivity index is 2.69. The summed E-state index contributed by atoms with van der Waals surface area (Å²) < 4.78 is 5.01. The van der Waals surface area contributed by atoms with Crippen LogP contribution in [0.1, 0.15) is 6.92 Å². The molecule has 0 unspecified atom stereocenters. The van der Waals surface area contributed by atoms with E-state index in [0.717, 1.165) is 10.6 Å². The lowest BCUT2D eigenvalue weighted by Crippen LogP contribution is -1.90. The van der Waals surface area contributed by atoms with Crippen molar-refractivity contribution in [2.24, 2.45) is 0 Å². The topological polar surface area (TPSA) is 26.3 Å². The Labute approximate surface area is 88.0 Å². The molecule has 0 aliphatic heterocycles. The maximum atomic E-state index is 11.3. The van der Waals surface area contributed by atoms with Crippen molar-refractivity contribution < 1.29 is 9.53 Å². The van der Waals surface area contributed by atoms with Crippen molar-refractivity contribution in [3.8, 4) is 5.75 Å². The molecule has 14 heavy (non-hydrogen) atoms. The fourth-order valence-electron chi connectivity index (χ4n) is 0.838. The number of thioether (sulfide) groups is 1. The largest absolute Gasteiger partial charge is 0.497 e. The van der Waals surface area contributed by atoms with Gasteiger partial charge < -0.3 is 4.74 Å². The van der Waals surface area contributed by atoms with Gasteiger partial charge in [-0.2, -0.15) is 0 Å². The van der Waals surface area contributed by atoms with E-state index >= 15 is 0 Å². The molecule has 0 fully saturated rings. The van der Waals surface area contributed by atoms with E-state index in [4.69, 9.17) is 4.74 Å². The van der Waals surface area contributed by atoms with E-state index < -0.39 is 0 Å². The zero-order valence-corrected chi connectivity index (χ0v) is 9.06. The molecule has 0 radical (unpaired) electrons. The Morgan fingerprint density at radius 2 is 1.93 bits per heavy atom. The zero-order chi connectivity index (χ0) is 10.6. The monoisotopic (exact) mass is 208 g/mol. The Bertz CT molecular complexity index is 341. The molecule has 2 nitrogen and oxygen atoms in total. The fourth-order valence-corrected chi connectivity index (χ4v) is 1.50. The van der Waals surface area contributed by atoms with Crippen molar-refractivity contribution in [3.63, 3.8) is 0 Å². The maximum absolute atomic E-state index is 11.3. The van der Waals surface area contributed by atoms with Gasteiger partial charge in [-0.15, -0.1) is 0 Å². The van der Waals surface area contributed by atoms with E-state index in [1.165, 1.54) is 11.8 Å². The highest BCUT2D eigenvalue weighted by Gasteiger charge is 2.04. The lowest BCUT2D eigenvalue weighted by molar-refractivity contribution is -0.107. The lowest BCUT2D eigenvalue weighted by Gasteiger charge is -2.01. The fraction of sp³-hybridized carbons (Fsp3) is 0.182. The van der Waals surface area contributed by atoms with Crippen molar-refractivity contribution in [3.05, 3.63) is 36.4 Å². The summed E-state index contributed by atoms with van der Waals surface area (Å²) in [5.74, 6) is 0.789. The van der Waals surface area contributed by atoms with E-state index in [9.17, 15) is 4.79 Å². The molecule has 1 aromatic rings. The molecule has 0 saturated carbocycles. The second kappa shape index (κ2) is 4.86. The van der Waals surface area contributed by atoms with Crippen molar-refractivity contribution in [1.82, 2.24) is 0 Å². The third-order valence-corrected chi connectivity index (χ3v) is 2.66. The van der Waals surface area contributed by atoms with Crippen LogP contribution < -0.4 is 4.74 Å². The molecule has 3 heteroatoms. The summed E-state index contributed by atoms with van der Waals surface area (Å²) in [7, 11) is 1.61. The minimum atomic E-state index is -0.00448. The molecule has 0 heterocycles. The summed E-state index contributed by atoms with van der Waals surface area (Å²) in [6, 6.07) is 7.36. The van der Waals surface area contributed by atoms with Crippen molar-refractivity contribution >= 4 is 16.9 Å². The smallest absolute Gasteiger partial charge is 0.219 e. The summed E-state index contributed by atoms with van der Waals surface area (Å²) >= 11 is 1.18. The van der Waals surface area contributed by atoms with Crippen LogP contribution in [0.3, 0.4) is 0 Å². The van der Waals surface area contributed by atoms with Crippen molar-refractivity contribution in [2.45, 2.75) is 11.8 Å².